The number of hydrogen-bond acceptors (Lipinski definition) is 4. The summed E-state index contributed by atoms with van der Waals surface area (Å²) in [6, 6.07) is 17.6. The number of hydrogen-bond donors (Lipinski definition) is 1. The molecule has 148 valence electrons. The zero-order valence-corrected chi connectivity index (χ0v) is 16.4. The fourth-order valence-corrected chi connectivity index (χ4v) is 3.54. The number of nitrogens with one attached hydrogen (secondary N) is 1. The average molecular weight is 381 g/mol. The Morgan fingerprint density at radius 1 is 1.07 bits per heavy atom. The summed E-state index contributed by atoms with van der Waals surface area (Å²) < 4.78 is 6.72. The number of nitrogens with zero attached hydrogens (tertiary/aromatic N) is 2. The van der Waals surface area contributed by atoms with Gasteiger partial charge in [0.15, 0.2) is 5.58 Å². The second kappa shape index (κ2) is 9.37. The monoisotopic (exact) mass is 381 g/mol. The molecule has 1 heterocycles. The van der Waals surface area contributed by atoms with E-state index in [4.69, 9.17) is 4.42 Å². The zero-order chi connectivity index (χ0) is 19.9. The van der Waals surface area contributed by atoms with Crippen molar-refractivity contribution in [3.8, 4) is 0 Å². The van der Waals surface area contributed by atoms with Gasteiger partial charge in [-0.1, -0.05) is 56.3 Å². The molecule has 0 aliphatic carbocycles. The number of amides is 1. The lowest BCUT2D eigenvalue weighted by molar-refractivity contribution is -0.121. The van der Waals surface area contributed by atoms with Crippen molar-refractivity contribution in [2.75, 3.05) is 19.6 Å². The maximum atomic E-state index is 12.4. The lowest BCUT2D eigenvalue weighted by atomic mass is 10.1. The molecule has 0 radical (unpaired) electrons. The molecule has 28 heavy (non-hydrogen) atoms. The van der Waals surface area contributed by atoms with Crippen LogP contribution in [0.5, 0.6) is 0 Å². The van der Waals surface area contributed by atoms with E-state index in [1.807, 2.05) is 36.4 Å². The minimum absolute atomic E-state index is 0.0785. The van der Waals surface area contributed by atoms with Crippen molar-refractivity contribution in [3.05, 3.63) is 70.7 Å². The first kappa shape index (κ1) is 19.9. The third kappa shape index (κ3) is 4.51. The van der Waals surface area contributed by atoms with Gasteiger partial charge in [0.05, 0.1) is 11.6 Å². The average Bonchev–Trinajstić information content (AvgIpc) is 3.05. The number of oxazole rings is 1. The van der Waals surface area contributed by atoms with Gasteiger partial charge >= 0.3 is 5.76 Å². The summed E-state index contributed by atoms with van der Waals surface area (Å²) in [7, 11) is 0. The second-order valence-corrected chi connectivity index (χ2v) is 6.69. The molecule has 6 nitrogen and oxygen atoms in total. The van der Waals surface area contributed by atoms with E-state index in [1.54, 1.807) is 6.07 Å². The molecule has 0 bridgehead atoms. The van der Waals surface area contributed by atoms with Gasteiger partial charge in [-0.15, -0.1) is 0 Å². The molecule has 0 aliphatic heterocycles. The molecule has 3 aromatic rings. The van der Waals surface area contributed by atoms with E-state index in [1.165, 1.54) is 10.1 Å². The first-order valence-electron chi connectivity index (χ1n) is 9.78. The molecule has 1 N–H and O–H groups in total. The van der Waals surface area contributed by atoms with E-state index < -0.39 is 5.76 Å². The van der Waals surface area contributed by atoms with Gasteiger partial charge in [0.2, 0.25) is 5.91 Å². The molecule has 1 aromatic heterocycles. The van der Waals surface area contributed by atoms with E-state index in [0.717, 1.165) is 13.1 Å². The van der Waals surface area contributed by atoms with Crippen molar-refractivity contribution in [2.24, 2.45) is 0 Å². The minimum Gasteiger partial charge on any atom is -0.408 e. The van der Waals surface area contributed by atoms with Gasteiger partial charge in [-0.05, 0) is 30.8 Å². The van der Waals surface area contributed by atoms with E-state index in [0.29, 0.717) is 24.2 Å². The first-order chi connectivity index (χ1) is 13.6. The highest BCUT2D eigenvalue weighted by molar-refractivity contribution is 5.76. The number of aryl methyl sites for hydroxylation is 1. The topological polar surface area (TPSA) is 67.5 Å². The summed E-state index contributed by atoms with van der Waals surface area (Å²) in [4.78, 5) is 26.8. The minimum atomic E-state index is -0.431. The Balaban J connectivity index is 1.63. The molecule has 1 unspecified atom stereocenters. The van der Waals surface area contributed by atoms with Crippen LogP contribution in [-0.4, -0.2) is 35.0 Å². The summed E-state index contributed by atoms with van der Waals surface area (Å²) in [6.45, 7) is 6.88. The maximum absolute atomic E-state index is 12.4. The van der Waals surface area contributed by atoms with Crippen LogP contribution in [0, 0.1) is 0 Å². The summed E-state index contributed by atoms with van der Waals surface area (Å²) in [5.41, 5.74) is 2.44. The summed E-state index contributed by atoms with van der Waals surface area (Å²) in [5.74, 6) is -0.510. The van der Waals surface area contributed by atoms with Crippen molar-refractivity contribution in [2.45, 2.75) is 32.9 Å². The number of likely N-dealkylation sites (N-methyl/N-ethyl adjacent to an activating group) is 1. The highest BCUT2D eigenvalue weighted by Gasteiger charge is 2.19. The molecule has 1 atom stereocenters. The normalized spacial score (nSPS) is 12.4. The zero-order valence-electron chi connectivity index (χ0n) is 16.4. The summed E-state index contributed by atoms with van der Waals surface area (Å²) in [5, 5.41) is 3.03. The Hall–Kier alpha value is -2.86. The number of para-hydroxylation sites is 2. The molecule has 0 aliphatic rings. The van der Waals surface area contributed by atoms with Crippen LogP contribution in [-0.2, 0) is 11.3 Å². The lowest BCUT2D eigenvalue weighted by Crippen LogP contribution is -2.38. The van der Waals surface area contributed by atoms with Gasteiger partial charge in [-0.25, -0.2) is 4.79 Å². The van der Waals surface area contributed by atoms with Gasteiger partial charge in [0.25, 0.3) is 0 Å². The van der Waals surface area contributed by atoms with Crippen LogP contribution < -0.4 is 11.1 Å². The Morgan fingerprint density at radius 3 is 2.46 bits per heavy atom. The third-order valence-electron chi connectivity index (χ3n) is 5.07. The van der Waals surface area contributed by atoms with Crippen LogP contribution in [0.4, 0.5) is 0 Å². The standard InChI is InChI=1S/C22H27N3O3/c1-3-24(4-2)19(17-10-6-5-7-11-17)16-23-21(26)14-15-25-18-12-8-9-13-20(18)28-22(25)27/h5-13,19H,3-4,14-16H2,1-2H3,(H,23,26). The molecular weight excluding hydrogens is 354 g/mol. The van der Waals surface area contributed by atoms with Crippen molar-refractivity contribution < 1.29 is 9.21 Å². The second-order valence-electron chi connectivity index (χ2n) is 6.69. The Bertz CT molecular complexity index is 958. The quantitative estimate of drug-likeness (QED) is 0.618. The van der Waals surface area contributed by atoms with Gasteiger partial charge < -0.3 is 9.73 Å². The molecule has 0 spiro atoms. The Kier molecular flexibility index (Phi) is 6.66. The van der Waals surface area contributed by atoms with Gasteiger partial charge in [0, 0.05) is 19.5 Å². The molecule has 0 saturated heterocycles. The van der Waals surface area contributed by atoms with Crippen molar-refractivity contribution in [1.29, 1.82) is 0 Å². The van der Waals surface area contributed by atoms with Gasteiger partial charge in [0.1, 0.15) is 0 Å². The smallest absolute Gasteiger partial charge is 0.408 e. The molecule has 0 fully saturated rings. The molecule has 1 amide bonds. The van der Waals surface area contributed by atoms with Crippen LogP contribution >= 0.6 is 0 Å². The number of aromatic nitrogens is 1. The number of rotatable bonds is 9. The van der Waals surface area contributed by atoms with E-state index in [9.17, 15) is 9.59 Å². The number of benzene rings is 2. The molecule has 0 saturated carbocycles. The highest BCUT2D eigenvalue weighted by atomic mass is 16.4. The fraction of sp³-hybridized carbons (Fsp3) is 0.364. The van der Waals surface area contributed by atoms with Gasteiger partial charge in [-0.3, -0.25) is 14.3 Å². The van der Waals surface area contributed by atoms with Crippen LogP contribution in [0.25, 0.3) is 11.1 Å². The first-order valence-corrected chi connectivity index (χ1v) is 9.78. The van der Waals surface area contributed by atoms with Crippen LogP contribution in [0.2, 0.25) is 0 Å². The number of carbonyl (C=O) groups excluding carboxylic acids is 1. The predicted octanol–water partition coefficient (Wildman–Crippen LogP) is 3.18. The van der Waals surface area contributed by atoms with Crippen LogP contribution in [0.3, 0.4) is 0 Å². The SMILES string of the molecule is CCN(CC)C(CNC(=O)CCn1c(=O)oc2ccccc21)c1ccccc1. The van der Waals surface area contributed by atoms with E-state index >= 15 is 0 Å². The largest absolute Gasteiger partial charge is 0.419 e. The van der Waals surface area contributed by atoms with Crippen LogP contribution in [0.1, 0.15) is 31.9 Å². The third-order valence-corrected chi connectivity index (χ3v) is 5.07. The number of carbonyl (C=O) groups is 1. The lowest BCUT2D eigenvalue weighted by Gasteiger charge is -2.30. The fourth-order valence-electron chi connectivity index (χ4n) is 3.54. The molecule has 3 rings (SSSR count). The Labute approximate surface area is 164 Å². The molecular formula is C22H27N3O3. The van der Waals surface area contributed by atoms with Gasteiger partial charge in [-0.2, -0.15) is 0 Å². The van der Waals surface area contributed by atoms with E-state index in [2.05, 4.69) is 36.2 Å². The van der Waals surface area contributed by atoms with Crippen molar-refractivity contribution in [1.82, 2.24) is 14.8 Å². The maximum Gasteiger partial charge on any atom is 0.419 e. The van der Waals surface area contributed by atoms with Crippen LogP contribution in [0.15, 0.2) is 63.8 Å². The van der Waals surface area contributed by atoms with Crippen molar-refractivity contribution in [3.63, 3.8) is 0 Å². The predicted molar refractivity (Wildman–Crippen MR) is 110 cm³/mol. The molecule has 6 heteroatoms. The number of fused-ring (bicyclic) bond motifs is 1. The summed E-state index contributed by atoms with van der Waals surface area (Å²) in [6.07, 6.45) is 0.225. The highest BCUT2D eigenvalue weighted by Crippen LogP contribution is 2.19. The van der Waals surface area contributed by atoms with E-state index in [-0.39, 0.29) is 18.4 Å². The summed E-state index contributed by atoms with van der Waals surface area (Å²) >= 11 is 0. The Morgan fingerprint density at radius 2 is 1.75 bits per heavy atom. The van der Waals surface area contributed by atoms with Crippen molar-refractivity contribution >= 4 is 17.0 Å². The molecule has 2 aromatic carbocycles.